The summed E-state index contributed by atoms with van der Waals surface area (Å²) in [6, 6.07) is 4.77. The van der Waals surface area contributed by atoms with Crippen molar-refractivity contribution in [1.29, 1.82) is 5.26 Å². The number of ether oxygens (including phenoxy) is 1. The number of nitriles is 1. The summed E-state index contributed by atoms with van der Waals surface area (Å²) in [5.41, 5.74) is -1.45. The highest BCUT2D eigenvalue weighted by Crippen LogP contribution is 2.35. The van der Waals surface area contributed by atoms with Gasteiger partial charge in [0.2, 0.25) is 5.82 Å². The van der Waals surface area contributed by atoms with E-state index in [0.29, 0.717) is 25.7 Å². The second-order valence-corrected chi connectivity index (χ2v) is 6.35. The predicted molar refractivity (Wildman–Crippen MR) is 90.1 cm³/mol. The number of amides is 1. The minimum atomic E-state index is -4.62. The second kappa shape index (κ2) is 8.21. The van der Waals surface area contributed by atoms with Gasteiger partial charge in [-0.05, 0) is 43.9 Å². The van der Waals surface area contributed by atoms with Gasteiger partial charge in [-0.3, -0.25) is 4.79 Å². The average Bonchev–Trinajstić information content (AvgIpc) is 2.69. The van der Waals surface area contributed by atoms with E-state index in [0.717, 1.165) is 12.1 Å². The zero-order valence-electron chi connectivity index (χ0n) is 14.6. The Balaban J connectivity index is 1.56. The molecule has 0 spiro atoms. The molecule has 0 bridgehead atoms. The Kier molecular flexibility index (Phi) is 5.73. The van der Waals surface area contributed by atoms with Crippen molar-refractivity contribution in [2.45, 2.75) is 44.0 Å². The molecule has 146 valence electrons. The van der Waals surface area contributed by atoms with Gasteiger partial charge in [0, 0.05) is 12.2 Å². The number of nitrogens with one attached hydrogen (secondary N) is 1. The highest BCUT2D eigenvalue weighted by atomic mass is 19.4. The number of nitrogens with zero attached hydrogens (tertiary/aromatic N) is 4. The van der Waals surface area contributed by atoms with E-state index < -0.39 is 23.2 Å². The lowest BCUT2D eigenvalue weighted by Gasteiger charge is -2.29. The smallest absolute Gasteiger partial charge is 0.417 e. The summed E-state index contributed by atoms with van der Waals surface area (Å²) in [4.78, 5) is 15.9. The number of carbonyl (C=O) groups excluding carboxylic acids is 1. The first-order valence-electron chi connectivity index (χ1n) is 8.59. The number of hydrogen-bond acceptors (Lipinski definition) is 6. The third kappa shape index (κ3) is 4.73. The van der Waals surface area contributed by atoms with Gasteiger partial charge in [-0.15, -0.1) is 5.10 Å². The largest absolute Gasteiger partial charge is 0.490 e. The number of halogens is 3. The lowest BCUT2D eigenvalue weighted by atomic mass is 9.93. The van der Waals surface area contributed by atoms with E-state index in [1.807, 2.05) is 0 Å². The highest BCUT2D eigenvalue weighted by Gasteiger charge is 2.34. The molecule has 0 saturated heterocycles. The third-order valence-corrected chi connectivity index (χ3v) is 4.41. The lowest BCUT2D eigenvalue weighted by Crippen LogP contribution is -2.40. The summed E-state index contributed by atoms with van der Waals surface area (Å²) in [7, 11) is 0. The fraction of sp³-hybridized carbons (Fsp3) is 0.389. The Labute approximate surface area is 158 Å². The van der Waals surface area contributed by atoms with E-state index in [4.69, 9.17) is 10.00 Å². The first-order chi connectivity index (χ1) is 13.4. The van der Waals surface area contributed by atoms with Gasteiger partial charge in [0.05, 0.1) is 29.5 Å². The molecule has 1 aromatic carbocycles. The van der Waals surface area contributed by atoms with Crippen molar-refractivity contribution in [2.24, 2.45) is 0 Å². The number of hydrogen-bond donors (Lipinski definition) is 1. The van der Waals surface area contributed by atoms with Gasteiger partial charge in [-0.25, -0.2) is 4.98 Å². The Bertz CT molecular complexity index is 875. The van der Waals surface area contributed by atoms with Crippen LogP contribution in [0.15, 0.2) is 30.6 Å². The van der Waals surface area contributed by atoms with Crippen molar-refractivity contribution in [3.8, 4) is 11.8 Å². The fourth-order valence-corrected chi connectivity index (χ4v) is 3.05. The molecule has 0 atom stereocenters. The number of alkyl halides is 3. The number of benzene rings is 1. The molecule has 0 unspecified atom stereocenters. The van der Waals surface area contributed by atoms with E-state index in [2.05, 4.69) is 20.5 Å². The maximum Gasteiger partial charge on any atom is 0.417 e. The summed E-state index contributed by atoms with van der Waals surface area (Å²) in [6.45, 7) is 0. The maximum absolute atomic E-state index is 13.0. The normalized spacial score (nSPS) is 19.5. The summed E-state index contributed by atoms with van der Waals surface area (Å²) in [5.74, 6) is -0.361. The topological polar surface area (TPSA) is 101 Å². The molecule has 1 aliphatic carbocycles. The van der Waals surface area contributed by atoms with Gasteiger partial charge < -0.3 is 10.1 Å². The predicted octanol–water partition coefficient (Wildman–Crippen LogP) is 2.88. The van der Waals surface area contributed by atoms with Crippen molar-refractivity contribution in [1.82, 2.24) is 20.5 Å². The van der Waals surface area contributed by atoms with Crippen LogP contribution in [-0.2, 0) is 6.18 Å². The quantitative estimate of drug-likeness (QED) is 0.860. The van der Waals surface area contributed by atoms with Crippen LogP contribution in [-0.4, -0.2) is 33.2 Å². The summed E-state index contributed by atoms with van der Waals surface area (Å²) in [6.07, 6.45) is 0.211. The van der Waals surface area contributed by atoms with Gasteiger partial charge in [0.25, 0.3) is 5.91 Å². The van der Waals surface area contributed by atoms with E-state index in [1.54, 1.807) is 6.07 Å². The van der Waals surface area contributed by atoms with Crippen molar-refractivity contribution in [3.05, 3.63) is 47.5 Å². The van der Waals surface area contributed by atoms with Crippen LogP contribution >= 0.6 is 0 Å². The molecule has 1 fully saturated rings. The van der Waals surface area contributed by atoms with Gasteiger partial charge in [-0.1, -0.05) is 0 Å². The van der Waals surface area contributed by atoms with Crippen LogP contribution < -0.4 is 10.1 Å². The van der Waals surface area contributed by atoms with E-state index >= 15 is 0 Å². The Morgan fingerprint density at radius 1 is 1.21 bits per heavy atom. The highest BCUT2D eigenvalue weighted by molar-refractivity contribution is 5.90. The van der Waals surface area contributed by atoms with E-state index in [-0.39, 0.29) is 23.7 Å². The first-order valence-corrected chi connectivity index (χ1v) is 8.59. The molecule has 1 amide bonds. The monoisotopic (exact) mass is 391 g/mol. The van der Waals surface area contributed by atoms with Gasteiger partial charge in [0.15, 0.2) is 0 Å². The summed E-state index contributed by atoms with van der Waals surface area (Å²) < 4.78 is 44.8. The third-order valence-electron chi connectivity index (χ3n) is 4.41. The van der Waals surface area contributed by atoms with Crippen molar-refractivity contribution in [3.63, 3.8) is 0 Å². The van der Waals surface area contributed by atoms with Crippen LogP contribution in [0.2, 0.25) is 0 Å². The number of rotatable bonds is 4. The minimum absolute atomic E-state index is 0.0156. The van der Waals surface area contributed by atoms with Gasteiger partial charge >= 0.3 is 6.18 Å². The van der Waals surface area contributed by atoms with Gasteiger partial charge in [-0.2, -0.15) is 23.5 Å². The van der Waals surface area contributed by atoms with E-state index in [1.165, 1.54) is 18.5 Å². The molecule has 1 heterocycles. The second-order valence-electron chi connectivity index (χ2n) is 6.35. The Morgan fingerprint density at radius 3 is 2.57 bits per heavy atom. The van der Waals surface area contributed by atoms with Crippen molar-refractivity contribution >= 4 is 5.91 Å². The first kappa shape index (κ1) is 19.5. The molecule has 10 heteroatoms. The summed E-state index contributed by atoms with van der Waals surface area (Å²) >= 11 is 0. The maximum atomic E-state index is 13.0. The SMILES string of the molecule is N#Cc1ccc(O[C@H]2CC[C@H](NC(=O)c3nccnn3)CC2)cc1C(F)(F)F. The fourth-order valence-electron chi connectivity index (χ4n) is 3.05. The molecule has 7 nitrogen and oxygen atoms in total. The molecule has 1 aromatic heterocycles. The standard InChI is InChI=1S/C18H16F3N5O2/c19-18(20,21)15-9-14(4-1-11(15)10-22)28-13-5-2-12(3-6-13)25-17(27)16-23-7-8-24-26-16/h1,4,7-9,12-13H,2-3,5-6H2,(H,25,27)/t12-,13-. The number of carbonyl (C=O) groups is 1. The van der Waals surface area contributed by atoms with Crippen LogP contribution in [0.25, 0.3) is 0 Å². The van der Waals surface area contributed by atoms with Crippen LogP contribution in [0.1, 0.15) is 47.4 Å². The molecule has 1 aliphatic rings. The molecule has 0 radical (unpaired) electrons. The Hall–Kier alpha value is -3.22. The zero-order valence-corrected chi connectivity index (χ0v) is 14.6. The molecule has 1 N–H and O–H groups in total. The molecule has 28 heavy (non-hydrogen) atoms. The van der Waals surface area contributed by atoms with Crippen molar-refractivity contribution < 1.29 is 22.7 Å². The molecule has 1 saturated carbocycles. The van der Waals surface area contributed by atoms with E-state index in [9.17, 15) is 18.0 Å². The number of aromatic nitrogens is 3. The Morgan fingerprint density at radius 2 is 1.96 bits per heavy atom. The van der Waals surface area contributed by atoms with Crippen LogP contribution in [0.5, 0.6) is 5.75 Å². The minimum Gasteiger partial charge on any atom is -0.490 e. The van der Waals surface area contributed by atoms with Crippen LogP contribution in [0, 0.1) is 11.3 Å². The zero-order chi connectivity index (χ0) is 20.1. The van der Waals surface area contributed by atoms with Crippen LogP contribution in [0.3, 0.4) is 0 Å². The lowest BCUT2D eigenvalue weighted by molar-refractivity contribution is -0.137. The molecule has 0 aliphatic heterocycles. The molecular weight excluding hydrogens is 375 g/mol. The molecule has 2 aromatic rings. The van der Waals surface area contributed by atoms with Crippen molar-refractivity contribution in [2.75, 3.05) is 0 Å². The van der Waals surface area contributed by atoms with Gasteiger partial charge in [0.1, 0.15) is 5.75 Å². The average molecular weight is 391 g/mol. The van der Waals surface area contributed by atoms with Crippen LogP contribution in [0.4, 0.5) is 13.2 Å². The summed E-state index contributed by atoms with van der Waals surface area (Å²) in [5, 5.41) is 18.9. The molecule has 3 rings (SSSR count). The molecular formula is C18H16F3N5O2.